The van der Waals surface area contributed by atoms with E-state index in [0.29, 0.717) is 5.56 Å². The van der Waals surface area contributed by atoms with Crippen molar-refractivity contribution in [1.82, 2.24) is 14.0 Å². The molecular weight excluding hydrogens is 413 g/mol. The van der Waals surface area contributed by atoms with Crippen LogP contribution in [0.4, 0.5) is 19.0 Å². The number of Topliss-reactive ketones (excluding diaryl/α,β-unsaturated/α-hetero) is 1. The van der Waals surface area contributed by atoms with Crippen LogP contribution in [-0.2, 0) is 19.3 Å². The van der Waals surface area contributed by atoms with Gasteiger partial charge < -0.3 is 5.73 Å². The van der Waals surface area contributed by atoms with Crippen molar-refractivity contribution in [3.8, 4) is 0 Å². The number of carbonyl (C=O) groups is 1. The number of halogens is 3. The quantitative estimate of drug-likeness (QED) is 0.700. The molecule has 2 N–H and O–H groups in total. The lowest BCUT2D eigenvalue weighted by molar-refractivity contribution is -0.137. The van der Waals surface area contributed by atoms with E-state index in [1.807, 2.05) is 4.90 Å². The monoisotopic (exact) mass is 438 g/mol. The summed E-state index contributed by atoms with van der Waals surface area (Å²) in [4.78, 5) is 40.4. The number of carbonyl (C=O) groups excluding carboxylic acids is 1. The van der Waals surface area contributed by atoms with Crippen molar-refractivity contribution in [1.29, 1.82) is 0 Å². The number of piperidine rings is 1. The Morgan fingerprint density at radius 3 is 2.19 bits per heavy atom. The van der Waals surface area contributed by atoms with E-state index in [9.17, 15) is 27.6 Å². The minimum absolute atomic E-state index is 0.0294. The highest BCUT2D eigenvalue weighted by Crippen LogP contribution is 2.29. The van der Waals surface area contributed by atoms with Crippen molar-refractivity contribution in [2.75, 3.05) is 25.4 Å². The first-order valence-corrected chi connectivity index (χ1v) is 10.2. The molecule has 1 saturated heterocycles. The Kier molecular flexibility index (Phi) is 6.68. The summed E-state index contributed by atoms with van der Waals surface area (Å²) in [6, 6.07) is 4.31. The van der Waals surface area contributed by atoms with E-state index in [0.717, 1.165) is 53.6 Å². The highest BCUT2D eigenvalue weighted by Gasteiger charge is 2.30. The molecule has 3 rings (SSSR count). The van der Waals surface area contributed by atoms with E-state index >= 15 is 0 Å². The maximum Gasteiger partial charge on any atom is 0.416 e. The van der Waals surface area contributed by atoms with E-state index in [-0.39, 0.29) is 31.0 Å². The third-order valence-electron chi connectivity index (χ3n) is 5.50. The lowest BCUT2D eigenvalue weighted by Crippen LogP contribution is -2.45. The summed E-state index contributed by atoms with van der Waals surface area (Å²) < 4.78 is 40.4. The van der Waals surface area contributed by atoms with E-state index in [2.05, 4.69) is 0 Å². The topological polar surface area (TPSA) is 90.3 Å². The van der Waals surface area contributed by atoms with E-state index in [4.69, 9.17) is 5.73 Å². The summed E-state index contributed by atoms with van der Waals surface area (Å²) in [6.07, 6.45) is -1.45. The molecule has 7 nitrogen and oxygen atoms in total. The number of nitrogens with two attached hydrogens (primary N) is 1. The van der Waals surface area contributed by atoms with Crippen molar-refractivity contribution in [2.24, 2.45) is 0 Å². The Morgan fingerprint density at radius 1 is 1.03 bits per heavy atom. The molecule has 2 aromatic rings. The minimum Gasteiger partial charge on any atom is -0.384 e. The predicted molar refractivity (Wildman–Crippen MR) is 110 cm³/mol. The zero-order valence-corrected chi connectivity index (χ0v) is 17.2. The molecule has 2 heterocycles. The zero-order chi connectivity index (χ0) is 22.8. The molecule has 1 fully saturated rings. The summed E-state index contributed by atoms with van der Waals surface area (Å²) >= 11 is 0. The van der Waals surface area contributed by atoms with Gasteiger partial charge in [0.15, 0.2) is 5.78 Å². The number of aromatic nitrogens is 2. The van der Waals surface area contributed by atoms with Crippen molar-refractivity contribution < 1.29 is 18.0 Å². The van der Waals surface area contributed by atoms with Crippen LogP contribution in [0, 0.1) is 0 Å². The van der Waals surface area contributed by atoms with Gasteiger partial charge in [-0.25, -0.2) is 4.79 Å². The second-order valence-corrected chi connectivity index (χ2v) is 7.63. The van der Waals surface area contributed by atoms with Crippen LogP contribution in [0.15, 0.2) is 33.9 Å². The second kappa shape index (κ2) is 9.09. The summed E-state index contributed by atoms with van der Waals surface area (Å²) in [5, 5.41) is 0. The SMILES string of the molecule is CCn1c(=O)c(C(=O)CN2CCCCC2)c(N)n(Cc2ccc(C(F)(F)F)cc2)c1=O. The molecule has 0 aliphatic carbocycles. The maximum absolute atomic E-state index is 12.9. The van der Waals surface area contributed by atoms with Gasteiger partial charge in [0, 0.05) is 6.54 Å². The van der Waals surface area contributed by atoms with Gasteiger partial charge in [-0.05, 0) is 50.6 Å². The molecule has 0 bridgehead atoms. The number of anilines is 1. The minimum atomic E-state index is -4.47. The first kappa shape index (κ1) is 22.8. The number of hydrogen-bond acceptors (Lipinski definition) is 5. The van der Waals surface area contributed by atoms with Crippen LogP contribution in [0.25, 0.3) is 0 Å². The molecule has 168 valence electrons. The van der Waals surface area contributed by atoms with Crippen LogP contribution in [-0.4, -0.2) is 39.5 Å². The Morgan fingerprint density at radius 2 is 1.65 bits per heavy atom. The number of likely N-dealkylation sites (tertiary alicyclic amines) is 1. The van der Waals surface area contributed by atoms with E-state index < -0.39 is 28.8 Å². The molecule has 1 aliphatic rings. The van der Waals surface area contributed by atoms with E-state index in [1.54, 1.807) is 6.92 Å². The van der Waals surface area contributed by atoms with Crippen LogP contribution in [0.5, 0.6) is 0 Å². The molecule has 1 aliphatic heterocycles. The number of rotatable bonds is 6. The first-order valence-electron chi connectivity index (χ1n) is 10.2. The Hall–Kier alpha value is -2.88. The standard InChI is InChI=1S/C21H25F3N4O3/c1-2-27-19(30)17(16(29)13-26-10-4-3-5-11-26)18(25)28(20(27)31)12-14-6-8-15(9-7-14)21(22,23)24/h6-9H,2-5,10-13,25H2,1H3. The Labute approximate surface area is 176 Å². The fourth-order valence-corrected chi connectivity index (χ4v) is 3.79. The van der Waals surface area contributed by atoms with Gasteiger partial charge >= 0.3 is 11.9 Å². The first-order chi connectivity index (χ1) is 14.6. The smallest absolute Gasteiger partial charge is 0.384 e. The fraction of sp³-hybridized carbons (Fsp3) is 0.476. The number of nitrogens with zero attached hydrogens (tertiary/aromatic N) is 3. The Balaban J connectivity index is 1.98. The van der Waals surface area contributed by atoms with Crippen LogP contribution < -0.4 is 17.0 Å². The van der Waals surface area contributed by atoms with Crippen molar-refractivity contribution >= 4 is 11.6 Å². The molecule has 10 heteroatoms. The second-order valence-electron chi connectivity index (χ2n) is 7.63. The van der Waals surface area contributed by atoms with Crippen LogP contribution in [0.2, 0.25) is 0 Å². The van der Waals surface area contributed by atoms with Gasteiger partial charge in [0.05, 0.1) is 18.7 Å². The van der Waals surface area contributed by atoms with Gasteiger partial charge in [0.2, 0.25) is 0 Å². The normalized spacial score (nSPS) is 15.2. The summed E-state index contributed by atoms with van der Waals surface area (Å²) in [5.41, 5.74) is 3.97. The summed E-state index contributed by atoms with van der Waals surface area (Å²) in [7, 11) is 0. The van der Waals surface area contributed by atoms with Gasteiger partial charge in [0.1, 0.15) is 11.4 Å². The molecule has 31 heavy (non-hydrogen) atoms. The van der Waals surface area contributed by atoms with Crippen molar-refractivity contribution in [2.45, 2.75) is 45.5 Å². The average Bonchev–Trinajstić information content (AvgIpc) is 2.72. The molecule has 0 unspecified atom stereocenters. The largest absolute Gasteiger partial charge is 0.416 e. The third kappa shape index (κ3) is 4.90. The number of hydrogen-bond donors (Lipinski definition) is 1. The van der Waals surface area contributed by atoms with Gasteiger partial charge in [-0.15, -0.1) is 0 Å². The predicted octanol–water partition coefficient (Wildman–Crippen LogP) is 2.35. The molecule has 0 spiro atoms. The van der Waals surface area contributed by atoms with Gasteiger partial charge in [-0.2, -0.15) is 13.2 Å². The molecule has 0 saturated carbocycles. The van der Waals surface area contributed by atoms with Crippen LogP contribution >= 0.6 is 0 Å². The molecule has 1 aromatic carbocycles. The van der Waals surface area contributed by atoms with Crippen molar-refractivity contribution in [3.63, 3.8) is 0 Å². The molecular formula is C21H25F3N4O3. The van der Waals surface area contributed by atoms with E-state index in [1.165, 1.54) is 12.1 Å². The fourth-order valence-electron chi connectivity index (χ4n) is 3.79. The molecule has 0 radical (unpaired) electrons. The molecule has 0 amide bonds. The number of nitrogen functional groups attached to an aromatic ring is 1. The third-order valence-corrected chi connectivity index (χ3v) is 5.50. The van der Waals surface area contributed by atoms with Gasteiger partial charge in [-0.1, -0.05) is 18.6 Å². The summed E-state index contributed by atoms with van der Waals surface area (Å²) in [6.45, 7) is 3.00. The van der Waals surface area contributed by atoms with Crippen LogP contribution in [0.3, 0.4) is 0 Å². The number of alkyl halides is 3. The Bertz CT molecular complexity index is 1070. The van der Waals surface area contributed by atoms with Gasteiger partial charge in [0.25, 0.3) is 5.56 Å². The highest BCUT2D eigenvalue weighted by atomic mass is 19.4. The average molecular weight is 438 g/mol. The number of ketones is 1. The van der Waals surface area contributed by atoms with Crippen LogP contribution in [0.1, 0.15) is 47.7 Å². The highest BCUT2D eigenvalue weighted by molar-refractivity contribution is 6.01. The van der Waals surface area contributed by atoms with Gasteiger partial charge in [-0.3, -0.25) is 23.6 Å². The lowest BCUT2D eigenvalue weighted by atomic mass is 10.1. The zero-order valence-electron chi connectivity index (χ0n) is 17.2. The molecule has 0 atom stereocenters. The number of benzene rings is 1. The summed E-state index contributed by atoms with van der Waals surface area (Å²) in [5.74, 6) is -0.727. The maximum atomic E-state index is 12.9. The lowest BCUT2D eigenvalue weighted by Gasteiger charge is -2.26. The van der Waals surface area contributed by atoms with Crippen molar-refractivity contribution in [3.05, 3.63) is 61.8 Å². The molecule has 1 aromatic heterocycles.